The first-order valence-corrected chi connectivity index (χ1v) is 9.15. The molecule has 1 aliphatic heterocycles. The van der Waals surface area contributed by atoms with Crippen LogP contribution < -0.4 is 15.5 Å². The third-order valence-electron chi connectivity index (χ3n) is 4.78. The Balaban J connectivity index is 1.48. The van der Waals surface area contributed by atoms with E-state index >= 15 is 0 Å². The Labute approximate surface area is 164 Å². The van der Waals surface area contributed by atoms with Gasteiger partial charge in [0.2, 0.25) is 5.91 Å². The van der Waals surface area contributed by atoms with E-state index in [1.807, 2.05) is 30.9 Å². The van der Waals surface area contributed by atoms with Gasteiger partial charge in [0.05, 0.1) is 11.5 Å². The van der Waals surface area contributed by atoms with E-state index in [9.17, 15) is 9.59 Å². The van der Waals surface area contributed by atoms with Crippen LogP contribution in [-0.2, 0) is 9.53 Å². The fraction of sp³-hybridized carbons (Fsp3) is 0.400. The fourth-order valence-electron chi connectivity index (χ4n) is 2.71. The summed E-state index contributed by atoms with van der Waals surface area (Å²) in [5.41, 5.74) is 0.769. The number of hydrogen-bond acceptors (Lipinski definition) is 6. The standard InChI is InChI=1S/C20H25N5O3/c1-20(2,28-3)13-21-18(26)14-6-8-16(9-7-14)23-19(27)15-11-25(12-15)17-5-4-10-22-24-17/h4-10,15H,11-13H2,1-3H3,(H,21,26)(H,23,27). The average molecular weight is 383 g/mol. The van der Waals surface area contributed by atoms with E-state index in [-0.39, 0.29) is 17.7 Å². The lowest BCUT2D eigenvalue weighted by Gasteiger charge is -2.38. The van der Waals surface area contributed by atoms with Gasteiger partial charge in [-0.2, -0.15) is 5.10 Å². The molecule has 0 bridgehead atoms. The molecule has 1 saturated heterocycles. The number of benzene rings is 1. The number of hydrogen-bond donors (Lipinski definition) is 2. The first-order valence-electron chi connectivity index (χ1n) is 9.15. The third kappa shape index (κ3) is 4.83. The number of carbonyl (C=O) groups is 2. The van der Waals surface area contributed by atoms with Crippen LogP contribution >= 0.6 is 0 Å². The number of methoxy groups -OCH3 is 1. The number of anilines is 2. The van der Waals surface area contributed by atoms with Gasteiger partial charge in [-0.25, -0.2) is 0 Å². The van der Waals surface area contributed by atoms with E-state index in [0.29, 0.717) is 30.9 Å². The first-order chi connectivity index (χ1) is 13.4. The number of aromatic nitrogens is 2. The minimum absolute atomic E-state index is 0.0424. The summed E-state index contributed by atoms with van der Waals surface area (Å²) in [6.45, 7) is 5.43. The van der Waals surface area contributed by atoms with Gasteiger partial charge in [0, 0.05) is 44.2 Å². The van der Waals surface area contributed by atoms with Gasteiger partial charge >= 0.3 is 0 Å². The van der Waals surface area contributed by atoms with Crippen molar-refractivity contribution in [3.8, 4) is 0 Å². The molecule has 3 rings (SSSR count). The Morgan fingerprint density at radius 2 is 1.93 bits per heavy atom. The average Bonchev–Trinajstić information content (AvgIpc) is 2.66. The first kappa shape index (κ1) is 19.8. The lowest BCUT2D eigenvalue weighted by atomic mass is 9.99. The summed E-state index contributed by atoms with van der Waals surface area (Å²) >= 11 is 0. The minimum Gasteiger partial charge on any atom is -0.377 e. The maximum Gasteiger partial charge on any atom is 0.251 e. The van der Waals surface area contributed by atoms with Crippen molar-refractivity contribution >= 4 is 23.3 Å². The third-order valence-corrected chi connectivity index (χ3v) is 4.78. The van der Waals surface area contributed by atoms with Crippen LogP contribution in [0.2, 0.25) is 0 Å². The highest BCUT2D eigenvalue weighted by atomic mass is 16.5. The number of nitrogens with zero attached hydrogens (tertiary/aromatic N) is 3. The molecule has 1 aliphatic rings. The van der Waals surface area contributed by atoms with Crippen molar-refractivity contribution in [1.82, 2.24) is 15.5 Å². The summed E-state index contributed by atoms with van der Waals surface area (Å²) in [6, 6.07) is 10.5. The molecule has 0 spiro atoms. The second-order valence-electron chi connectivity index (χ2n) is 7.40. The van der Waals surface area contributed by atoms with Crippen molar-refractivity contribution in [2.45, 2.75) is 19.4 Å². The normalized spacial score (nSPS) is 14.3. The van der Waals surface area contributed by atoms with Crippen molar-refractivity contribution < 1.29 is 14.3 Å². The van der Waals surface area contributed by atoms with Crippen LogP contribution in [0.15, 0.2) is 42.6 Å². The second-order valence-corrected chi connectivity index (χ2v) is 7.40. The van der Waals surface area contributed by atoms with Gasteiger partial charge in [-0.05, 0) is 50.2 Å². The summed E-state index contributed by atoms with van der Waals surface area (Å²) in [6.07, 6.45) is 1.62. The molecule has 1 aromatic carbocycles. The van der Waals surface area contributed by atoms with Gasteiger partial charge in [-0.1, -0.05) is 0 Å². The molecule has 28 heavy (non-hydrogen) atoms. The molecule has 2 heterocycles. The molecular weight excluding hydrogens is 358 g/mol. The van der Waals surface area contributed by atoms with Crippen molar-refractivity contribution in [1.29, 1.82) is 0 Å². The topological polar surface area (TPSA) is 96.5 Å². The molecule has 2 amide bonds. The van der Waals surface area contributed by atoms with Crippen LogP contribution in [0.5, 0.6) is 0 Å². The highest BCUT2D eigenvalue weighted by molar-refractivity contribution is 5.97. The number of carbonyl (C=O) groups excluding carboxylic acids is 2. The van der Waals surface area contributed by atoms with Crippen LogP contribution in [0, 0.1) is 5.92 Å². The molecule has 1 fully saturated rings. The molecule has 0 atom stereocenters. The minimum atomic E-state index is -0.425. The quantitative estimate of drug-likeness (QED) is 0.756. The van der Waals surface area contributed by atoms with Crippen molar-refractivity contribution in [2.75, 3.05) is 37.0 Å². The number of nitrogens with one attached hydrogen (secondary N) is 2. The van der Waals surface area contributed by atoms with E-state index in [2.05, 4.69) is 20.8 Å². The molecule has 148 valence electrons. The lowest BCUT2D eigenvalue weighted by Crippen LogP contribution is -2.52. The van der Waals surface area contributed by atoms with Crippen LogP contribution in [-0.4, -0.2) is 54.4 Å². The molecule has 1 aromatic heterocycles. The molecule has 0 unspecified atom stereocenters. The molecular formula is C20H25N5O3. The Kier molecular flexibility index (Phi) is 5.89. The molecule has 2 N–H and O–H groups in total. The summed E-state index contributed by atoms with van der Waals surface area (Å²) in [4.78, 5) is 26.6. The van der Waals surface area contributed by atoms with E-state index in [4.69, 9.17) is 4.74 Å². The molecule has 8 nitrogen and oxygen atoms in total. The predicted octanol–water partition coefficient (Wildman–Crippen LogP) is 1.71. The van der Waals surface area contributed by atoms with Gasteiger partial charge < -0.3 is 20.3 Å². The number of rotatable bonds is 7. The zero-order chi connectivity index (χ0) is 20.1. The Morgan fingerprint density at radius 3 is 2.54 bits per heavy atom. The van der Waals surface area contributed by atoms with Gasteiger partial charge in [0.25, 0.3) is 5.91 Å². The Hall–Kier alpha value is -3.00. The predicted molar refractivity (Wildman–Crippen MR) is 106 cm³/mol. The van der Waals surface area contributed by atoms with Crippen molar-refractivity contribution in [3.63, 3.8) is 0 Å². The maximum absolute atomic E-state index is 12.4. The Bertz CT molecular complexity index is 817. The zero-order valence-corrected chi connectivity index (χ0v) is 16.3. The fourth-order valence-corrected chi connectivity index (χ4v) is 2.71. The Morgan fingerprint density at radius 1 is 1.21 bits per heavy atom. The van der Waals surface area contributed by atoms with Crippen LogP contribution in [0.1, 0.15) is 24.2 Å². The molecule has 0 aliphatic carbocycles. The van der Waals surface area contributed by atoms with Gasteiger partial charge in [0.1, 0.15) is 0 Å². The van der Waals surface area contributed by atoms with E-state index in [0.717, 1.165) is 5.82 Å². The molecule has 8 heteroatoms. The van der Waals surface area contributed by atoms with E-state index in [1.54, 1.807) is 37.6 Å². The van der Waals surface area contributed by atoms with Gasteiger partial charge in [-0.3, -0.25) is 9.59 Å². The summed E-state index contributed by atoms with van der Waals surface area (Å²) in [7, 11) is 1.61. The maximum atomic E-state index is 12.4. The van der Waals surface area contributed by atoms with Crippen molar-refractivity contribution in [2.24, 2.45) is 5.92 Å². The van der Waals surface area contributed by atoms with Crippen LogP contribution in [0.25, 0.3) is 0 Å². The SMILES string of the molecule is COC(C)(C)CNC(=O)c1ccc(NC(=O)C2CN(c3cccnn3)C2)cc1. The van der Waals surface area contributed by atoms with Crippen LogP contribution in [0.4, 0.5) is 11.5 Å². The van der Waals surface area contributed by atoms with Crippen molar-refractivity contribution in [3.05, 3.63) is 48.2 Å². The highest BCUT2D eigenvalue weighted by Gasteiger charge is 2.33. The van der Waals surface area contributed by atoms with Crippen LogP contribution in [0.3, 0.4) is 0 Å². The summed E-state index contributed by atoms with van der Waals surface area (Å²) < 4.78 is 5.29. The summed E-state index contributed by atoms with van der Waals surface area (Å²) in [5, 5.41) is 13.6. The molecule has 0 radical (unpaired) electrons. The van der Waals surface area contributed by atoms with Gasteiger partial charge in [0.15, 0.2) is 5.82 Å². The lowest BCUT2D eigenvalue weighted by molar-refractivity contribution is -0.120. The molecule has 0 saturated carbocycles. The monoisotopic (exact) mass is 383 g/mol. The smallest absolute Gasteiger partial charge is 0.251 e. The molecule has 2 aromatic rings. The van der Waals surface area contributed by atoms with Gasteiger partial charge in [-0.15, -0.1) is 5.10 Å². The zero-order valence-electron chi connectivity index (χ0n) is 16.3. The highest BCUT2D eigenvalue weighted by Crippen LogP contribution is 2.23. The number of amides is 2. The van der Waals surface area contributed by atoms with E-state index < -0.39 is 5.60 Å². The van der Waals surface area contributed by atoms with E-state index in [1.165, 1.54) is 0 Å². The second kappa shape index (κ2) is 8.35. The largest absolute Gasteiger partial charge is 0.377 e. The number of ether oxygens (including phenoxy) is 1. The summed E-state index contributed by atoms with van der Waals surface area (Å²) in [5.74, 6) is 0.459.